The molecule has 1 rings (SSSR count). The van der Waals surface area contributed by atoms with Crippen molar-refractivity contribution < 1.29 is 9.53 Å². The third-order valence-electron chi connectivity index (χ3n) is 3.18. The minimum absolute atomic E-state index is 0.0369. The number of hydrogen-bond donors (Lipinski definition) is 1. The summed E-state index contributed by atoms with van der Waals surface area (Å²) < 4.78 is 5.24. The number of ether oxygens (including phenoxy) is 1. The lowest BCUT2D eigenvalue weighted by molar-refractivity contribution is -0.149. The maximum Gasteiger partial charge on any atom is 0.302 e. The first-order chi connectivity index (χ1) is 6.56. The van der Waals surface area contributed by atoms with Gasteiger partial charge in [0, 0.05) is 19.5 Å². The quantitative estimate of drug-likeness (QED) is 0.540. The van der Waals surface area contributed by atoms with Crippen LogP contribution in [0.15, 0.2) is 0 Å². The molecule has 1 aliphatic rings. The molecule has 3 nitrogen and oxygen atoms in total. The predicted octanol–water partition coefficient (Wildman–Crippen LogP) is 1.57. The van der Waals surface area contributed by atoms with Crippen LogP contribution in [0.1, 0.15) is 34.1 Å². The summed E-state index contributed by atoms with van der Waals surface area (Å²) in [5.74, 6) is 0.889. The Morgan fingerprint density at radius 3 is 2.50 bits per heavy atom. The summed E-state index contributed by atoms with van der Waals surface area (Å²) in [6, 6.07) is 0.637. The van der Waals surface area contributed by atoms with Gasteiger partial charge in [0.1, 0.15) is 6.10 Å². The summed E-state index contributed by atoms with van der Waals surface area (Å²) >= 11 is 0. The first-order valence-corrected chi connectivity index (χ1v) is 5.46. The molecule has 0 radical (unpaired) electrons. The molecule has 0 spiro atoms. The Labute approximate surface area is 86.2 Å². The second kappa shape index (κ2) is 4.78. The molecule has 0 bridgehead atoms. The third kappa shape index (κ3) is 2.98. The average molecular weight is 199 g/mol. The van der Waals surface area contributed by atoms with Gasteiger partial charge in [-0.15, -0.1) is 0 Å². The molecule has 0 amide bonds. The van der Waals surface area contributed by atoms with Crippen LogP contribution < -0.4 is 5.32 Å². The monoisotopic (exact) mass is 199 g/mol. The Morgan fingerprint density at radius 2 is 2.14 bits per heavy atom. The SMILES string of the molecule is CCC(C(C)OC(C)=O)C(C)C1CN1. The Balaban J connectivity index is 2.46. The van der Waals surface area contributed by atoms with E-state index in [1.54, 1.807) is 0 Å². The zero-order valence-corrected chi connectivity index (χ0v) is 9.54. The molecule has 3 heteroatoms. The molecule has 0 aromatic heterocycles. The lowest BCUT2D eigenvalue weighted by Gasteiger charge is -2.27. The van der Waals surface area contributed by atoms with Crippen LogP contribution in [-0.2, 0) is 9.53 Å². The highest BCUT2D eigenvalue weighted by atomic mass is 16.5. The molecule has 4 unspecified atom stereocenters. The summed E-state index contributed by atoms with van der Waals surface area (Å²) in [6.45, 7) is 8.98. The van der Waals surface area contributed by atoms with E-state index in [4.69, 9.17) is 4.74 Å². The van der Waals surface area contributed by atoms with Crippen LogP contribution in [-0.4, -0.2) is 24.7 Å². The zero-order chi connectivity index (χ0) is 10.7. The molecule has 14 heavy (non-hydrogen) atoms. The number of esters is 1. The molecule has 0 aromatic rings. The van der Waals surface area contributed by atoms with Crippen LogP contribution in [0.2, 0.25) is 0 Å². The van der Waals surface area contributed by atoms with Crippen molar-refractivity contribution in [1.29, 1.82) is 0 Å². The Hall–Kier alpha value is -0.570. The van der Waals surface area contributed by atoms with Crippen LogP contribution in [0.4, 0.5) is 0 Å². The molecule has 1 heterocycles. The van der Waals surface area contributed by atoms with Crippen LogP contribution in [0, 0.1) is 11.8 Å². The van der Waals surface area contributed by atoms with E-state index in [0.717, 1.165) is 13.0 Å². The number of hydrogen-bond acceptors (Lipinski definition) is 3. The lowest BCUT2D eigenvalue weighted by Crippen LogP contribution is -2.31. The standard InChI is InChI=1S/C11H21NO2/c1-5-10(7(2)11-6-12-11)8(3)14-9(4)13/h7-8,10-12H,5-6H2,1-4H3. The molecule has 0 aliphatic carbocycles. The van der Waals surface area contributed by atoms with E-state index in [1.165, 1.54) is 6.92 Å². The Bertz CT molecular complexity index is 201. The van der Waals surface area contributed by atoms with Gasteiger partial charge in [-0.3, -0.25) is 4.79 Å². The highest BCUT2D eigenvalue weighted by Gasteiger charge is 2.35. The topological polar surface area (TPSA) is 48.2 Å². The van der Waals surface area contributed by atoms with Gasteiger partial charge in [0.25, 0.3) is 0 Å². The van der Waals surface area contributed by atoms with Gasteiger partial charge in [0.2, 0.25) is 0 Å². The van der Waals surface area contributed by atoms with Gasteiger partial charge in [-0.05, 0) is 25.2 Å². The molecule has 1 fully saturated rings. The number of nitrogens with one attached hydrogen (secondary N) is 1. The highest BCUT2D eigenvalue weighted by molar-refractivity contribution is 5.66. The summed E-state index contributed by atoms with van der Waals surface area (Å²) in [7, 11) is 0. The largest absolute Gasteiger partial charge is 0.463 e. The first-order valence-electron chi connectivity index (χ1n) is 5.46. The third-order valence-corrected chi connectivity index (χ3v) is 3.18. The van der Waals surface area contributed by atoms with Crippen molar-refractivity contribution in [3.05, 3.63) is 0 Å². The van der Waals surface area contributed by atoms with Crippen molar-refractivity contribution in [3.8, 4) is 0 Å². The maximum absolute atomic E-state index is 10.8. The van der Waals surface area contributed by atoms with Crippen molar-refractivity contribution in [1.82, 2.24) is 5.32 Å². The van der Waals surface area contributed by atoms with E-state index in [2.05, 4.69) is 19.2 Å². The second-order valence-corrected chi connectivity index (χ2v) is 4.26. The molecular formula is C11H21NO2. The van der Waals surface area contributed by atoms with Crippen molar-refractivity contribution in [2.24, 2.45) is 11.8 Å². The summed E-state index contributed by atoms with van der Waals surface area (Å²) in [6.07, 6.45) is 1.10. The average Bonchev–Trinajstić information content (AvgIpc) is 2.85. The zero-order valence-electron chi connectivity index (χ0n) is 9.54. The van der Waals surface area contributed by atoms with Gasteiger partial charge in [0.05, 0.1) is 0 Å². The van der Waals surface area contributed by atoms with Gasteiger partial charge in [0.15, 0.2) is 0 Å². The van der Waals surface area contributed by atoms with Crippen LogP contribution in [0.5, 0.6) is 0 Å². The molecule has 1 saturated heterocycles. The van der Waals surface area contributed by atoms with Crippen LogP contribution in [0.25, 0.3) is 0 Å². The van der Waals surface area contributed by atoms with E-state index in [1.807, 2.05) is 6.92 Å². The molecule has 0 aromatic carbocycles. The first kappa shape index (κ1) is 11.5. The summed E-state index contributed by atoms with van der Waals surface area (Å²) in [5.41, 5.74) is 0. The van der Waals surface area contributed by atoms with Gasteiger partial charge < -0.3 is 10.1 Å². The molecule has 1 N–H and O–H groups in total. The van der Waals surface area contributed by atoms with Gasteiger partial charge in [-0.25, -0.2) is 0 Å². The van der Waals surface area contributed by atoms with Crippen molar-refractivity contribution in [2.75, 3.05) is 6.54 Å². The molecular weight excluding hydrogens is 178 g/mol. The van der Waals surface area contributed by atoms with E-state index in [0.29, 0.717) is 17.9 Å². The van der Waals surface area contributed by atoms with E-state index < -0.39 is 0 Å². The van der Waals surface area contributed by atoms with E-state index in [9.17, 15) is 4.79 Å². The van der Waals surface area contributed by atoms with E-state index >= 15 is 0 Å². The molecule has 4 atom stereocenters. The van der Waals surface area contributed by atoms with Crippen molar-refractivity contribution >= 4 is 5.97 Å². The van der Waals surface area contributed by atoms with Crippen molar-refractivity contribution in [2.45, 2.75) is 46.3 Å². The Kier molecular flexibility index (Phi) is 3.93. The Morgan fingerprint density at radius 1 is 1.57 bits per heavy atom. The second-order valence-electron chi connectivity index (χ2n) is 4.26. The normalized spacial score (nSPS) is 26.4. The maximum atomic E-state index is 10.8. The lowest BCUT2D eigenvalue weighted by atomic mass is 9.85. The van der Waals surface area contributed by atoms with Gasteiger partial charge >= 0.3 is 5.97 Å². The summed E-state index contributed by atoms with van der Waals surface area (Å²) in [5, 5.41) is 3.32. The molecule has 1 aliphatic heterocycles. The van der Waals surface area contributed by atoms with Crippen LogP contribution >= 0.6 is 0 Å². The predicted molar refractivity (Wildman–Crippen MR) is 56.0 cm³/mol. The highest BCUT2D eigenvalue weighted by Crippen LogP contribution is 2.28. The summed E-state index contributed by atoms with van der Waals surface area (Å²) in [4.78, 5) is 10.8. The molecule has 82 valence electrons. The minimum atomic E-state index is -0.174. The smallest absolute Gasteiger partial charge is 0.302 e. The van der Waals surface area contributed by atoms with E-state index in [-0.39, 0.29) is 12.1 Å². The molecule has 0 saturated carbocycles. The number of carbonyl (C=O) groups excluding carboxylic acids is 1. The number of carbonyl (C=O) groups is 1. The minimum Gasteiger partial charge on any atom is -0.463 e. The fourth-order valence-corrected chi connectivity index (χ4v) is 2.22. The van der Waals surface area contributed by atoms with Gasteiger partial charge in [-0.2, -0.15) is 0 Å². The van der Waals surface area contributed by atoms with Crippen LogP contribution in [0.3, 0.4) is 0 Å². The fraction of sp³-hybridized carbons (Fsp3) is 0.909. The van der Waals surface area contributed by atoms with Gasteiger partial charge in [-0.1, -0.05) is 13.8 Å². The van der Waals surface area contributed by atoms with Crippen molar-refractivity contribution in [3.63, 3.8) is 0 Å². The number of rotatable bonds is 5. The fourth-order valence-electron chi connectivity index (χ4n) is 2.22.